The molecule has 1 aromatic heterocycles. The molecule has 1 amide bonds. The van der Waals surface area contributed by atoms with E-state index in [2.05, 4.69) is 41.1 Å². The van der Waals surface area contributed by atoms with Gasteiger partial charge in [0, 0.05) is 49.9 Å². The van der Waals surface area contributed by atoms with Gasteiger partial charge in [0.2, 0.25) is 0 Å². The smallest absolute Gasteiger partial charge is 0.253 e. The van der Waals surface area contributed by atoms with E-state index in [4.69, 9.17) is 0 Å². The fourth-order valence-electron chi connectivity index (χ4n) is 4.69. The molecule has 184 valence electrons. The largest absolute Gasteiger partial charge is 0.336 e. The number of aromatic nitrogens is 1. The zero-order valence-electron chi connectivity index (χ0n) is 20.3. The molecule has 0 unspecified atom stereocenters. The maximum Gasteiger partial charge on any atom is 0.253 e. The number of benzene rings is 3. The molecule has 0 aliphatic carbocycles. The minimum absolute atomic E-state index is 0.0156. The predicted octanol–water partition coefficient (Wildman–Crippen LogP) is 4.48. The third kappa shape index (κ3) is 5.17. The SMILES string of the molecule is Cc1ccccc1CN1CCN(C(=O)c2ccc(CS(=O)(=O)c3cccc4cccnc34)cc2)CC1. The van der Waals surface area contributed by atoms with Gasteiger partial charge in [0.15, 0.2) is 9.84 Å². The molecule has 6 nitrogen and oxygen atoms in total. The second-order valence-electron chi connectivity index (χ2n) is 9.28. The molecule has 1 fully saturated rings. The van der Waals surface area contributed by atoms with Crippen molar-refractivity contribution in [3.63, 3.8) is 0 Å². The van der Waals surface area contributed by atoms with E-state index in [-0.39, 0.29) is 16.6 Å². The summed E-state index contributed by atoms with van der Waals surface area (Å²) in [5.41, 5.74) is 4.31. The highest BCUT2D eigenvalue weighted by molar-refractivity contribution is 7.90. The van der Waals surface area contributed by atoms with Crippen LogP contribution in [0.3, 0.4) is 0 Å². The molecule has 2 heterocycles. The zero-order chi connectivity index (χ0) is 25.1. The van der Waals surface area contributed by atoms with E-state index in [0.717, 1.165) is 25.0 Å². The van der Waals surface area contributed by atoms with Crippen molar-refractivity contribution < 1.29 is 13.2 Å². The van der Waals surface area contributed by atoms with E-state index < -0.39 is 9.84 Å². The number of piperazine rings is 1. The number of hydrogen-bond acceptors (Lipinski definition) is 5. The lowest BCUT2D eigenvalue weighted by Gasteiger charge is -2.35. The number of fused-ring (bicyclic) bond motifs is 1. The number of pyridine rings is 1. The summed E-state index contributed by atoms with van der Waals surface area (Å²) in [5.74, 6) is -0.160. The molecule has 0 spiro atoms. The van der Waals surface area contributed by atoms with Crippen LogP contribution >= 0.6 is 0 Å². The number of rotatable bonds is 6. The summed E-state index contributed by atoms with van der Waals surface area (Å²) in [6.07, 6.45) is 1.60. The third-order valence-corrected chi connectivity index (χ3v) is 8.52. The molecule has 7 heteroatoms. The van der Waals surface area contributed by atoms with Gasteiger partial charge < -0.3 is 4.90 Å². The molecule has 5 rings (SSSR count). The van der Waals surface area contributed by atoms with Crippen molar-refractivity contribution in [1.29, 1.82) is 0 Å². The van der Waals surface area contributed by atoms with Gasteiger partial charge in [-0.1, -0.05) is 54.6 Å². The fourth-order valence-corrected chi connectivity index (χ4v) is 6.23. The van der Waals surface area contributed by atoms with E-state index in [0.29, 0.717) is 29.7 Å². The first kappa shape index (κ1) is 24.2. The van der Waals surface area contributed by atoms with Crippen LogP contribution in [0.1, 0.15) is 27.0 Å². The van der Waals surface area contributed by atoms with Crippen LogP contribution in [0.5, 0.6) is 0 Å². The molecule has 4 aromatic rings. The minimum atomic E-state index is -3.59. The van der Waals surface area contributed by atoms with Crippen molar-refractivity contribution in [2.45, 2.75) is 24.1 Å². The van der Waals surface area contributed by atoms with E-state index in [1.54, 1.807) is 48.7 Å². The van der Waals surface area contributed by atoms with Crippen molar-refractivity contribution in [3.8, 4) is 0 Å². The topological polar surface area (TPSA) is 70.6 Å². The Bertz CT molecular complexity index is 1490. The fraction of sp³-hybridized carbons (Fsp3) is 0.241. The highest BCUT2D eigenvalue weighted by Gasteiger charge is 2.23. The lowest BCUT2D eigenvalue weighted by molar-refractivity contribution is 0.0628. The van der Waals surface area contributed by atoms with E-state index in [1.807, 2.05) is 17.0 Å². The summed E-state index contributed by atoms with van der Waals surface area (Å²) in [4.78, 5) is 21.8. The van der Waals surface area contributed by atoms with Gasteiger partial charge in [0.1, 0.15) is 0 Å². The molecule has 0 bridgehead atoms. The van der Waals surface area contributed by atoms with Crippen LogP contribution in [-0.4, -0.2) is 55.3 Å². The van der Waals surface area contributed by atoms with Crippen LogP contribution < -0.4 is 0 Å². The van der Waals surface area contributed by atoms with Crippen molar-refractivity contribution >= 4 is 26.6 Å². The Kier molecular flexibility index (Phi) is 6.85. The molecule has 3 aromatic carbocycles. The van der Waals surface area contributed by atoms with Crippen molar-refractivity contribution in [2.75, 3.05) is 26.2 Å². The van der Waals surface area contributed by atoms with E-state index >= 15 is 0 Å². The summed E-state index contributed by atoms with van der Waals surface area (Å²) in [6.45, 7) is 6.03. The highest BCUT2D eigenvalue weighted by Crippen LogP contribution is 2.24. The molecular weight excluding hydrogens is 470 g/mol. The Morgan fingerprint density at radius 2 is 1.58 bits per heavy atom. The number of para-hydroxylation sites is 1. The van der Waals surface area contributed by atoms with Crippen LogP contribution in [-0.2, 0) is 22.1 Å². The Balaban J connectivity index is 1.22. The molecule has 0 N–H and O–H groups in total. The monoisotopic (exact) mass is 499 g/mol. The normalized spacial score (nSPS) is 14.8. The summed E-state index contributed by atoms with van der Waals surface area (Å²) < 4.78 is 26.3. The first-order valence-electron chi connectivity index (χ1n) is 12.1. The van der Waals surface area contributed by atoms with Crippen LogP contribution in [0.2, 0.25) is 0 Å². The van der Waals surface area contributed by atoms with Gasteiger partial charge >= 0.3 is 0 Å². The molecule has 1 aliphatic rings. The van der Waals surface area contributed by atoms with Crippen molar-refractivity contribution in [1.82, 2.24) is 14.8 Å². The molecule has 36 heavy (non-hydrogen) atoms. The number of aryl methyl sites for hydroxylation is 1. The van der Waals surface area contributed by atoms with Crippen LogP contribution in [0.15, 0.2) is 90.0 Å². The number of carbonyl (C=O) groups is 1. The van der Waals surface area contributed by atoms with Crippen molar-refractivity contribution in [3.05, 3.63) is 107 Å². The Morgan fingerprint density at radius 3 is 2.33 bits per heavy atom. The lowest BCUT2D eigenvalue weighted by Crippen LogP contribution is -2.48. The molecule has 0 saturated carbocycles. The second-order valence-corrected chi connectivity index (χ2v) is 11.2. The molecule has 1 saturated heterocycles. The summed E-state index contributed by atoms with van der Waals surface area (Å²) in [7, 11) is -3.59. The van der Waals surface area contributed by atoms with Crippen LogP contribution in [0.25, 0.3) is 10.9 Å². The molecular formula is C29H29N3O3S. The van der Waals surface area contributed by atoms with Gasteiger partial charge in [-0.05, 0) is 47.9 Å². The van der Waals surface area contributed by atoms with Gasteiger partial charge in [-0.3, -0.25) is 14.7 Å². The van der Waals surface area contributed by atoms with Gasteiger partial charge in [-0.15, -0.1) is 0 Å². The Labute approximate surface area is 212 Å². The maximum atomic E-state index is 13.1. The zero-order valence-corrected chi connectivity index (χ0v) is 21.1. The van der Waals surface area contributed by atoms with Gasteiger partial charge in [-0.25, -0.2) is 8.42 Å². The predicted molar refractivity (Wildman–Crippen MR) is 141 cm³/mol. The average molecular weight is 500 g/mol. The number of hydrogen-bond donors (Lipinski definition) is 0. The first-order chi connectivity index (χ1) is 17.4. The number of carbonyl (C=O) groups excluding carboxylic acids is 1. The molecule has 0 radical (unpaired) electrons. The number of amides is 1. The standard InChI is InChI=1S/C29H29N3O3S/c1-22-6-2-3-7-26(22)20-31-16-18-32(19-17-31)29(33)25-13-11-23(12-14-25)21-36(34,35)27-10-4-8-24-9-5-15-30-28(24)27/h2-15H,16-21H2,1H3. The van der Waals surface area contributed by atoms with E-state index in [9.17, 15) is 13.2 Å². The van der Waals surface area contributed by atoms with Crippen molar-refractivity contribution in [2.24, 2.45) is 0 Å². The number of nitrogens with zero attached hydrogens (tertiary/aromatic N) is 3. The third-order valence-electron chi connectivity index (χ3n) is 6.80. The number of sulfone groups is 1. The first-order valence-corrected chi connectivity index (χ1v) is 13.8. The summed E-state index contributed by atoms with van der Waals surface area (Å²) >= 11 is 0. The highest BCUT2D eigenvalue weighted by atomic mass is 32.2. The lowest BCUT2D eigenvalue weighted by atomic mass is 10.1. The molecule has 1 aliphatic heterocycles. The van der Waals surface area contributed by atoms with Crippen LogP contribution in [0.4, 0.5) is 0 Å². The van der Waals surface area contributed by atoms with Gasteiger partial charge in [0.05, 0.1) is 16.2 Å². The van der Waals surface area contributed by atoms with Crippen LogP contribution in [0, 0.1) is 6.92 Å². The molecule has 0 atom stereocenters. The summed E-state index contributed by atoms with van der Waals surface area (Å²) in [5, 5.41) is 0.790. The quantitative estimate of drug-likeness (QED) is 0.391. The minimum Gasteiger partial charge on any atom is -0.336 e. The van der Waals surface area contributed by atoms with Gasteiger partial charge in [-0.2, -0.15) is 0 Å². The summed E-state index contributed by atoms with van der Waals surface area (Å²) in [6, 6.07) is 24.2. The Morgan fingerprint density at radius 1 is 0.861 bits per heavy atom. The average Bonchev–Trinajstić information content (AvgIpc) is 2.90. The Hall–Kier alpha value is -3.55. The van der Waals surface area contributed by atoms with Gasteiger partial charge in [0.25, 0.3) is 5.91 Å². The second kappa shape index (κ2) is 10.2. The van der Waals surface area contributed by atoms with E-state index in [1.165, 1.54) is 11.1 Å². The maximum absolute atomic E-state index is 13.1.